The van der Waals surface area contributed by atoms with Crippen LogP contribution in [-0.2, 0) is 21.4 Å². The summed E-state index contributed by atoms with van der Waals surface area (Å²) in [6.45, 7) is 0.669. The van der Waals surface area contributed by atoms with Crippen LogP contribution in [0.15, 0.2) is 45.5 Å². The Bertz CT molecular complexity index is 1290. The Balaban J connectivity index is 1.56. The Morgan fingerprint density at radius 1 is 1.16 bits per heavy atom. The molecule has 0 bridgehead atoms. The summed E-state index contributed by atoms with van der Waals surface area (Å²) in [7, 11) is -2.44. The minimum absolute atomic E-state index is 0.0623. The molecule has 1 aromatic carbocycles. The number of nitrogens with zero attached hydrogens (tertiary/aromatic N) is 3. The first-order valence-corrected chi connectivity index (χ1v) is 12.5. The second-order valence-electron chi connectivity index (χ2n) is 7.40. The van der Waals surface area contributed by atoms with Gasteiger partial charge in [0, 0.05) is 30.7 Å². The van der Waals surface area contributed by atoms with Gasteiger partial charge in [0.15, 0.2) is 4.96 Å². The molecule has 4 rings (SSSR count). The summed E-state index contributed by atoms with van der Waals surface area (Å²) < 4.78 is 39.9. The van der Waals surface area contributed by atoms with E-state index in [0.29, 0.717) is 23.7 Å². The molecule has 1 aliphatic rings. The van der Waals surface area contributed by atoms with E-state index in [0.717, 1.165) is 25.7 Å². The van der Waals surface area contributed by atoms with E-state index < -0.39 is 16.0 Å². The molecule has 11 heteroatoms. The van der Waals surface area contributed by atoms with Crippen LogP contribution in [0.3, 0.4) is 0 Å². The molecule has 0 radical (unpaired) electrons. The van der Waals surface area contributed by atoms with Crippen molar-refractivity contribution in [2.24, 2.45) is 0 Å². The summed E-state index contributed by atoms with van der Waals surface area (Å²) in [5.41, 5.74) is 0.127. The number of benzene rings is 1. The van der Waals surface area contributed by atoms with Crippen LogP contribution in [0.5, 0.6) is 5.75 Å². The van der Waals surface area contributed by atoms with E-state index in [4.69, 9.17) is 9.47 Å². The maximum atomic E-state index is 13.3. The molecule has 0 atom stereocenters. The van der Waals surface area contributed by atoms with Crippen LogP contribution in [0.25, 0.3) is 4.96 Å². The quantitative estimate of drug-likeness (QED) is 0.502. The lowest BCUT2D eigenvalue weighted by atomic mass is 10.2. The molecule has 0 aliphatic carbocycles. The van der Waals surface area contributed by atoms with E-state index in [-0.39, 0.29) is 28.4 Å². The minimum Gasteiger partial charge on any atom is -0.495 e. The molecule has 0 unspecified atom stereocenters. The Labute approximate surface area is 189 Å². The molecule has 3 heterocycles. The average Bonchev–Trinajstić information content (AvgIpc) is 3.09. The zero-order valence-electron chi connectivity index (χ0n) is 17.5. The number of methoxy groups -OCH3 is 1. The number of ether oxygens (including phenoxy) is 2. The van der Waals surface area contributed by atoms with E-state index in [2.05, 4.69) is 4.98 Å². The SMILES string of the molecule is COc1ccc(C(=O)OCc2cc(=O)n3ccsc3n2)cc1S(=O)(=O)N1CCCCCC1. The molecule has 2 aromatic heterocycles. The molecule has 1 saturated heterocycles. The molecule has 0 amide bonds. The van der Waals surface area contributed by atoms with Gasteiger partial charge in [0.2, 0.25) is 10.0 Å². The molecule has 3 aromatic rings. The van der Waals surface area contributed by atoms with Crippen molar-refractivity contribution < 1.29 is 22.7 Å². The molecule has 0 N–H and O–H groups in total. The summed E-state index contributed by atoms with van der Waals surface area (Å²) in [4.78, 5) is 29.5. The Hall–Kier alpha value is -2.76. The zero-order valence-corrected chi connectivity index (χ0v) is 19.2. The lowest BCUT2D eigenvalue weighted by Crippen LogP contribution is -2.32. The summed E-state index contributed by atoms with van der Waals surface area (Å²) >= 11 is 1.30. The van der Waals surface area contributed by atoms with E-state index in [1.54, 1.807) is 11.6 Å². The molecule has 1 fully saturated rings. The van der Waals surface area contributed by atoms with Crippen LogP contribution < -0.4 is 10.3 Å². The first-order chi connectivity index (χ1) is 15.4. The van der Waals surface area contributed by atoms with Crippen molar-refractivity contribution >= 4 is 32.3 Å². The van der Waals surface area contributed by atoms with Gasteiger partial charge in [0.05, 0.1) is 18.4 Å². The molecule has 9 nitrogen and oxygen atoms in total. The van der Waals surface area contributed by atoms with Gasteiger partial charge in [-0.25, -0.2) is 18.2 Å². The van der Waals surface area contributed by atoms with E-state index in [9.17, 15) is 18.0 Å². The van der Waals surface area contributed by atoms with Crippen LogP contribution >= 0.6 is 11.3 Å². The molecule has 0 spiro atoms. The van der Waals surface area contributed by atoms with E-state index in [1.807, 2.05) is 0 Å². The molecular weight excluding hydrogens is 454 g/mol. The second kappa shape index (κ2) is 9.39. The third-order valence-corrected chi connectivity index (χ3v) is 7.97. The van der Waals surface area contributed by atoms with Crippen LogP contribution in [0.4, 0.5) is 0 Å². The van der Waals surface area contributed by atoms with Gasteiger partial charge >= 0.3 is 5.97 Å². The van der Waals surface area contributed by atoms with Crippen LogP contribution in [0.1, 0.15) is 41.7 Å². The summed E-state index contributed by atoms with van der Waals surface area (Å²) in [6.07, 6.45) is 5.19. The highest BCUT2D eigenvalue weighted by molar-refractivity contribution is 7.89. The van der Waals surface area contributed by atoms with Crippen molar-refractivity contribution in [3.05, 3.63) is 57.5 Å². The number of rotatable bonds is 6. The first kappa shape index (κ1) is 22.4. The van der Waals surface area contributed by atoms with Gasteiger partial charge in [-0.05, 0) is 31.0 Å². The van der Waals surface area contributed by atoms with Crippen molar-refractivity contribution in [1.82, 2.24) is 13.7 Å². The smallest absolute Gasteiger partial charge is 0.338 e. The third-order valence-electron chi connectivity index (χ3n) is 5.29. The highest BCUT2D eigenvalue weighted by atomic mass is 32.2. The number of fused-ring (bicyclic) bond motifs is 1. The predicted octanol–water partition coefficient (Wildman–Crippen LogP) is 2.69. The lowest BCUT2D eigenvalue weighted by molar-refractivity contribution is 0.0467. The molecule has 0 saturated carbocycles. The number of aromatic nitrogens is 2. The number of carbonyl (C=O) groups excluding carboxylic acids is 1. The Morgan fingerprint density at radius 2 is 1.91 bits per heavy atom. The second-order valence-corrected chi connectivity index (χ2v) is 10.2. The van der Waals surface area contributed by atoms with Gasteiger partial charge in [0.1, 0.15) is 17.3 Å². The fourth-order valence-electron chi connectivity index (χ4n) is 3.61. The largest absolute Gasteiger partial charge is 0.495 e. The van der Waals surface area contributed by atoms with Crippen molar-refractivity contribution in [2.75, 3.05) is 20.2 Å². The van der Waals surface area contributed by atoms with E-state index in [1.165, 1.54) is 51.4 Å². The Kier molecular flexibility index (Phi) is 6.58. The minimum atomic E-state index is -3.83. The standard InChI is InChI=1S/C21H23N3O6S2/c1-29-17-7-6-15(12-18(17)32(27,28)23-8-4-2-3-5-9-23)20(26)30-14-16-13-19(25)24-10-11-31-21(24)22-16/h6-7,10-13H,2-5,8-9,14H2,1H3. The fraction of sp³-hybridized carbons (Fsp3) is 0.381. The van der Waals surface area contributed by atoms with Crippen molar-refractivity contribution in [3.63, 3.8) is 0 Å². The summed E-state index contributed by atoms with van der Waals surface area (Å²) in [5, 5.41) is 1.74. The summed E-state index contributed by atoms with van der Waals surface area (Å²) in [5.74, 6) is -0.545. The highest BCUT2D eigenvalue weighted by Gasteiger charge is 2.29. The number of sulfonamides is 1. The number of hydrogen-bond donors (Lipinski definition) is 0. The zero-order chi connectivity index (χ0) is 22.7. The predicted molar refractivity (Wildman–Crippen MR) is 119 cm³/mol. The lowest BCUT2D eigenvalue weighted by Gasteiger charge is -2.21. The van der Waals surface area contributed by atoms with Gasteiger partial charge in [-0.2, -0.15) is 4.31 Å². The molecular formula is C21H23N3O6S2. The number of thiazole rings is 1. The van der Waals surface area contributed by atoms with Gasteiger partial charge < -0.3 is 9.47 Å². The number of esters is 1. The van der Waals surface area contributed by atoms with Gasteiger partial charge in [0.25, 0.3) is 5.56 Å². The molecule has 170 valence electrons. The topological polar surface area (TPSA) is 107 Å². The maximum Gasteiger partial charge on any atom is 0.338 e. The maximum absolute atomic E-state index is 13.3. The van der Waals surface area contributed by atoms with Crippen LogP contribution in [-0.4, -0.2) is 48.3 Å². The number of hydrogen-bond acceptors (Lipinski definition) is 8. The fourth-order valence-corrected chi connectivity index (χ4v) is 6.05. The molecule has 32 heavy (non-hydrogen) atoms. The van der Waals surface area contributed by atoms with Crippen molar-refractivity contribution in [1.29, 1.82) is 0 Å². The van der Waals surface area contributed by atoms with Crippen molar-refractivity contribution in [3.8, 4) is 5.75 Å². The highest BCUT2D eigenvalue weighted by Crippen LogP contribution is 2.29. The van der Waals surface area contributed by atoms with Gasteiger partial charge in [-0.1, -0.05) is 12.8 Å². The van der Waals surface area contributed by atoms with Gasteiger partial charge in [-0.15, -0.1) is 11.3 Å². The van der Waals surface area contributed by atoms with Crippen molar-refractivity contribution in [2.45, 2.75) is 37.2 Å². The molecule has 1 aliphatic heterocycles. The van der Waals surface area contributed by atoms with E-state index >= 15 is 0 Å². The normalized spacial score (nSPS) is 15.4. The number of carbonyl (C=O) groups is 1. The average molecular weight is 478 g/mol. The van der Waals surface area contributed by atoms with Crippen LogP contribution in [0.2, 0.25) is 0 Å². The monoisotopic (exact) mass is 477 g/mol. The third kappa shape index (κ3) is 4.54. The van der Waals surface area contributed by atoms with Crippen LogP contribution in [0, 0.1) is 0 Å². The Morgan fingerprint density at radius 3 is 2.62 bits per heavy atom. The summed E-state index contributed by atoms with van der Waals surface area (Å²) in [6, 6.07) is 5.49. The van der Waals surface area contributed by atoms with Gasteiger partial charge in [-0.3, -0.25) is 9.20 Å². The first-order valence-electron chi connectivity index (χ1n) is 10.2.